The zero-order valence-electron chi connectivity index (χ0n) is 17.5. The first-order chi connectivity index (χ1) is 15.8. The zero-order valence-corrected chi connectivity index (χ0v) is 17.5. The van der Waals surface area contributed by atoms with E-state index in [1.165, 1.54) is 24.5 Å². The van der Waals surface area contributed by atoms with Gasteiger partial charge in [0.05, 0.1) is 18.4 Å². The number of aromatic nitrogens is 1. The summed E-state index contributed by atoms with van der Waals surface area (Å²) >= 11 is 0. The topological polar surface area (TPSA) is 171 Å². The molecule has 0 aliphatic heterocycles. The van der Waals surface area contributed by atoms with Crippen LogP contribution in [0.3, 0.4) is 0 Å². The van der Waals surface area contributed by atoms with Crippen LogP contribution in [0.1, 0.15) is 22.5 Å². The average Bonchev–Trinajstić information content (AvgIpc) is 3.47. The predicted octanol–water partition coefficient (Wildman–Crippen LogP) is 0.124. The van der Waals surface area contributed by atoms with Crippen molar-refractivity contribution in [3.63, 3.8) is 0 Å². The number of benzene rings is 1. The Morgan fingerprint density at radius 2 is 1.94 bits per heavy atom. The molecule has 0 saturated heterocycles. The van der Waals surface area contributed by atoms with E-state index in [9.17, 15) is 24.6 Å². The Balaban J connectivity index is 1.49. The lowest BCUT2D eigenvalue weighted by Gasteiger charge is -2.31. The summed E-state index contributed by atoms with van der Waals surface area (Å²) in [7, 11) is 0. The molecule has 7 N–H and O–H groups in total. The maximum absolute atomic E-state index is 12.9. The Morgan fingerprint density at radius 3 is 2.67 bits per heavy atom. The minimum absolute atomic E-state index is 0.0224. The Morgan fingerprint density at radius 1 is 1.15 bits per heavy atom. The first-order valence-corrected chi connectivity index (χ1v) is 10.4. The van der Waals surface area contributed by atoms with Gasteiger partial charge in [-0.1, -0.05) is 24.3 Å². The van der Waals surface area contributed by atoms with Crippen LogP contribution in [0.2, 0.25) is 0 Å². The van der Waals surface area contributed by atoms with Crippen molar-refractivity contribution in [2.75, 3.05) is 0 Å². The van der Waals surface area contributed by atoms with Gasteiger partial charge in [0, 0.05) is 35.5 Å². The Bertz CT molecular complexity index is 1200. The van der Waals surface area contributed by atoms with Gasteiger partial charge in [-0.2, -0.15) is 0 Å². The largest absolute Gasteiger partial charge is 0.459 e. The van der Waals surface area contributed by atoms with E-state index < -0.39 is 42.0 Å². The fourth-order valence-corrected chi connectivity index (χ4v) is 3.89. The number of hydrogen-bond acceptors (Lipinski definition) is 6. The molecule has 0 radical (unpaired) electrons. The van der Waals surface area contributed by atoms with Gasteiger partial charge in [0.15, 0.2) is 5.76 Å². The third-order valence-corrected chi connectivity index (χ3v) is 5.65. The van der Waals surface area contributed by atoms with E-state index in [2.05, 4.69) is 15.6 Å². The van der Waals surface area contributed by atoms with Crippen LogP contribution in [-0.4, -0.2) is 57.2 Å². The van der Waals surface area contributed by atoms with Crippen LogP contribution in [0.4, 0.5) is 0 Å². The smallest absolute Gasteiger partial charge is 0.287 e. The first-order valence-electron chi connectivity index (χ1n) is 10.4. The summed E-state index contributed by atoms with van der Waals surface area (Å²) in [6.45, 7) is 0. The predicted molar refractivity (Wildman–Crippen MR) is 118 cm³/mol. The summed E-state index contributed by atoms with van der Waals surface area (Å²) in [6, 6.07) is 8.49. The molecule has 0 unspecified atom stereocenters. The van der Waals surface area contributed by atoms with Gasteiger partial charge in [-0.25, -0.2) is 0 Å². The van der Waals surface area contributed by atoms with Crippen molar-refractivity contribution in [1.29, 1.82) is 0 Å². The number of hydrogen-bond donors (Lipinski definition) is 6. The standard InChI is InChI=1S/C23H24N4O6/c24-21(30)17(9-13-11-25-15-5-2-1-4-14(13)15)27-22(31)12-8-16(20(29)18(28)10-12)26-23(32)19-6-3-7-33-19/h1-8,11,16-18,20,25,28-29H,9-10H2,(H2,24,30)(H,26,32)(H,27,31)/t16-,17-,18-,20-/m1/s1. The average molecular weight is 452 g/mol. The van der Waals surface area contributed by atoms with Crippen molar-refractivity contribution in [3.8, 4) is 0 Å². The summed E-state index contributed by atoms with van der Waals surface area (Å²) < 4.78 is 5.02. The molecule has 0 spiro atoms. The number of aliphatic hydroxyl groups excluding tert-OH is 2. The van der Waals surface area contributed by atoms with Gasteiger partial charge in [0.1, 0.15) is 12.1 Å². The van der Waals surface area contributed by atoms with Crippen molar-refractivity contribution in [2.45, 2.75) is 37.1 Å². The molecule has 1 aromatic carbocycles. The number of aliphatic hydroxyl groups is 2. The van der Waals surface area contributed by atoms with Gasteiger partial charge in [-0.3, -0.25) is 14.4 Å². The molecular formula is C23H24N4O6. The van der Waals surface area contributed by atoms with Gasteiger partial charge in [0.25, 0.3) is 5.91 Å². The van der Waals surface area contributed by atoms with Crippen molar-refractivity contribution >= 4 is 28.6 Å². The molecule has 0 fully saturated rings. The van der Waals surface area contributed by atoms with Gasteiger partial charge in [-0.15, -0.1) is 0 Å². The number of fused-ring (bicyclic) bond motifs is 1. The van der Waals surface area contributed by atoms with E-state index in [1.807, 2.05) is 24.3 Å². The molecule has 3 amide bonds. The third-order valence-electron chi connectivity index (χ3n) is 5.65. The molecule has 1 aliphatic carbocycles. The second kappa shape index (κ2) is 9.31. The normalized spacial score (nSPS) is 21.3. The molecule has 4 atom stereocenters. The van der Waals surface area contributed by atoms with Crippen LogP contribution >= 0.6 is 0 Å². The van der Waals surface area contributed by atoms with Crippen molar-refractivity contribution < 1.29 is 29.0 Å². The highest BCUT2D eigenvalue weighted by Gasteiger charge is 2.35. The van der Waals surface area contributed by atoms with Gasteiger partial charge >= 0.3 is 0 Å². The Kier molecular flexibility index (Phi) is 6.29. The van der Waals surface area contributed by atoms with E-state index in [1.54, 1.807) is 6.20 Å². The zero-order chi connectivity index (χ0) is 23.5. The summed E-state index contributed by atoms with van der Waals surface area (Å²) in [6.07, 6.45) is 1.84. The van der Waals surface area contributed by atoms with E-state index in [4.69, 9.17) is 10.2 Å². The Labute approximate surface area is 188 Å². The van der Waals surface area contributed by atoms with Gasteiger partial charge in [0.2, 0.25) is 11.8 Å². The molecule has 4 rings (SSSR count). The van der Waals surface area contributed by atoms with Crippen LogP contribution in [0.25, 0.3) is 10.9 Å². The number of nitrogens with two attached hydrogens (primary N) is 1. The van der Waals surface area contributed by atoms with E-state index in [0.717, 1.165) is 16.5 Å². The van der Waals surface area contributed by atoms with Crippen molar-refractivity contribution in [3.05, 3.63) is 71.8 Å². The molecule has 0 bridgehead atoms. The fraction of sp³-hybridized carbons (Fsp3) is 0.261. The number of carbonyl (C=O) groups excluding carboxylic acids is 3. The molecule has 1 aliphatic rings. The molecule has 10 heteroatoms. The van der Waals surface area contributed by atoms with E-state index in [0.29, 0.717) is 0 Å². The second-order valence-electron chi connectivity index (χ2n) is 7.92. The highest BCUT2D eigenvalue weighted by atomic mass is 16.3. The lowest BCUT2D eigenvalue weighted by atomic mass is 9.89. The van der Waals surface area contributed by atoms with Crippen LogP contribution in [0.15, 0.2) is 64.9 Å². The molecule has 172 valence electrons. The molecule has 3 aromatic rings. The summed E-state index contributed by atoms with van der Waals surface area (Å²) in [5.74, 6) is -1.92. The SMILES string of the molecule is NC(=O)[C@@H](Cc1c[nH]c2ccccc12)NC(=O)C1=C[C@@H](NC(=O)c2ccco2)[C@@H](O)[C@H](O)C1. The molecule has 0 saturated carbocycles. The molecule has 2 aromatic heterocycles. The molecule has 10 nitrogen and oxygen atoms in total. The first kappa shape index (κ1) is 22.3. The maximum Gasteiger partial charge on any atom is 0.287 e. The van der Waals surface area contributed by atoms with E-state index >= 15 is 0 Å². The monoisotopic (exact) mass is 452 g/mol. The number of primary amides is 1. The second-order valence-corrected chi connectivity index (χ2v) is 7.92. The van der Waals surface area contributed by atoms with Crippen molar-refractivity contribution in [1.82, 2.24) is 15.6 Å². The fourth-order valence-electron chi connectivity index (χ4n) is 3.89. The number of nitrogens with one attached hydrogen (secondary N) is 3. The Hall–Kier alpha value is -3.89. The van der Waals surface area contributed by atoms with Crippen LogP contribution in [0.5, 0.6) is 0 Å². The summed E-state index contributed by atoms with van der Waals surface area (Å²) in [5, 5.41) is 26.6. The lowest BCUT2D eigenvalue weighted by Crippen LogP contribution is -2.52. The minimum Gasteiger partial charge on any atom is -0.459 e. The van der Waals surface area contributed by atoms with Crippen LogP contribution in [-0.2, 0) is 16.0 Å². The summed E-state index contributed by atoms with van der Waals surface area (Å²) in [4.78, 5) is 40.3. The van der Waals surface area contributed by atoms with Crippen LogP contribution < -0.4 is 16.4 Å². The molecule has 2 heterocycles. The number of carbonyl (C=O) groups is 3. The third kappa shape index (κ3) is 4.81. The number of para-hydroxylation sites is 1. The molecule has 33 heavy (non-hydrogen) atoms. The number of rotatable bonds is 7. The number of amides is 3. The lowest BCUT2D eigenvalue weighted by molar-refractivity contribution is -0.125. The number of furan rings is 1. The summed E-state index contributed by atoms with van der Waals surface area (Å²) in [5.41, 5.74) is 7.35. The highest BCUT2D eigenvalue weighted by molar-refractivity contribution is 5.98. The van der Waals surface area contributed by atoms with Crippen molar-refractivity contribution in [2.24, 2.45) is 5.73 Å². The van der Waals surface area contributed by atoms with Gasteiger partial charge in [-0.05, 0) is 23.8 Å². The molecular weight excluding hydrogens is 428 g/mol. The quantitative estimate of drug-likeness (QED) is 0.297. The number of aromatic amines is 1. The maximum atomic E-state index is 12.9. The van der Waals surface area contributed by atoms with E-state index in [-0.39, 0.29) is 24.2 Å². The van der Waals surface area contributed by atoms with Gasteiger partial charge < -0.3 is 36.0 Å². The minimum atomic E-state index is -1.32. The number of H-pyrrole nitrogens is 1. The highest BCUT2D eigenvalue weighted by Crippen LogP contribution is 2.22. The van der Waals surface area contributed by atoms with Crippen LogP contribution in [0, 0.1) is 0 Å².